The summed E-state index contributed by atoms with van der Waals surface area (Å²) in [6.07, 6.45) is 0.447. The van der Waals surface area contributed by atoms with Crippen LogP contribution < -0.4 is 0 Å². The zero-order valence-corrected chi connectivity index (χ0v) is 10.9. The molecule has 2 atom stereocenters. The van der Waals surface area contributed by atoms with Gasteiger partial charge in [0.2, 0.25) is 0 Å². The Morgan fingerprint density at radius 3 is 1.57 bits per heavy atom. The van der Waals surface area contributed by atoms with E-state index >= 15 is 0 Å². The molecule has 1 heterocycles. The molecule has 0 amide bonds. The summed E-state index contributed by atoms with van der Waals surface area (Å²) >= 11 is 0. The molecule has 0 aromatic heterocycles. The van der Waals surface area contributed by atoms with Crippen molar-refractivity contribution in [2.75, 3.05) is 0 Å². The van der Waals surface area contributed by atoms with Gasteiger partial charge < -0.3 is 9.05 Å². The predicted molar refractivity (Wildman–Crippen MR) is 60.1 cm³/mol. The van der Waals surface area contributed by atoms with Gasteiger partial charge in [-0.1, -0.05) is 0 Å². The molecule has 2 unspecified atom stereocenters. The van der Waals surface area contributed by atoms with E-state index in [4.69, 9.17) is 9.05 Å². The Labute approximate surface area is 88.7 Å². The summed E-state index contributed by atoms with van der Waals surface area (Å²) in [5.74, 6) is 0. The van der Waals surface area contributed by atoms with Crippen molar-refractivity contribution in [3.63, 3.8) is 0 Å². The molecule has 0 aromatic rings. The van der Waals surface area contributed by atoms with Gasteiger partial charge in [-0.15, -0.1) is 0 Å². The monoisotopic (exact) mass is 219 g/mol. The van der Waals surface area contributed by atoms with Crippen LogP contribution in [0.15, 0.2) is 0 Å². The minimum Gasteiger partial charge on any atom is -0.316 e. The normalized spacial score (nSPS) is 33.6. The van der Waals surface area contributed by atoms with Gasteiger partial charge in [0.1, 0.15) is 0 Å². The van der Waals surface area contributed by atoms with Gasteiger partial charge in [-0.2, -0.15) is 0 Å². The number of rotatable bonds is 3. The Kier molecular flexibility index (Phi) is 4.32. The van der Waals surface area contributed by atoms with Gasteiger partial charge in [0.15, 0.2) is 0 Å². The molecule has 0 aromatic carbocycles. The maximum Gasteiger partial charge on any atom is 0.259 e. The van der Waals surface area contributed by atoms with E-state index in [9.17, 15) is 0 Å². The Bertz CT molecular complexity index is 169. The van der Waals surface area contributed by atoms with Crippen LogP contribution in [-0.2, 0) is 9.05 Å². The largest absolute Gasteiger partial charge is 0.316 e. The molecule has 1 saturated heterocycles. The lowest BCUT2D eigenvalue weighted by Gasteiger charge is -2.32. The first-order chi connectivity index (χ1) is 6.43. The number of hydrogen-bond acceptors (Lipinski definition) is 3. The van der Waals surface area contributed by atoms with Gasteiger partial charge in [0.25, 0.3) is 8.53 Å². The van der Waals surface area contributed by atoms with Crippen molar-refractivity contribution in [2.24, 2.45) is 0 Å². The Morgan fingerprint density at radius 1 is 0.929 bits per heavy atom. The predicted octanol–water partition coefficient (Wildman–Crippen LogP) is 3.16. The van der Waals surface area contributed by atoms with Crippen LogP contribution in [-0.4, -0.2) is 29.0 Å². The zero-order chi connectivity index (χ0) is 10.9. The van der Waals surface area contributed by atoms with Crippen LogP contribution in [0, 0.1) is 0 Å². The molecule has 0 bridgehead atoms. The van der Waals surface area contributed by atoms with Crippen LogP contribution >= 0.6 is 8.53 Å². The second-order valence-electron chi connectivity index (χ2n) is 4.43. The first-order valence-electron chi connectivity index (χ1n) is 5.35. The highest BCUT2D eigenvalue weighted by Gasteiger charge is 2.37. The minimum absolute atomic E-state index is 0.223. The summed E-state index contributed by atoms with van der Waals surface area (Å²) < 4.78 is 14.0. The maximum atomic E-state index is 5.83. The summed E-state index contributed by atoms with van der Waals surface area (Å²) in [7, 11) is -0.833. The fourth-order valence-electron chi connectivity index (χ4n) is 1.56. The van der Waals surface area contributed by atoms with Crippen LogP contribution in [0.25, 0.3) is 0 Å². The molecule has 0 spiro atoms. The summed E-state index contributed by atoms with van der Waals surface area (Å²) in [6, 6.07) is 0.942. The van der Waals surface area contributed by atoms with E-state index in [-0.39, 0.29) is 12.2 Å². The average Bonchev–Trinajstić information content (AvgIpc) is 2.29. The van der Waals surface area contributed by atoms with E-state index in [2.05, 4.69) is 46.2 Å². The van der Waals surface area contributed by atoms with Crippen molar-refractivity contribution in [2.45, 2.75) is 65.8 Å². The van der Waals surface area contributed by atoms with Gasteiger partial charge in [-0.05, 0) is 41.5 Å². The van der Waals surface area contributed by atoms with Crippen LogP contribution in [0.5, 0.6) is 0 Å². The molecular weight excluding hydrogens is 197 g/mol. The molecule has 14 heavy (non-hydrogen) atoms. The summed E-state index contributed by atoms with van der Waals surface area (Å²) in [4.78, 5) is 0. The van der Waals surface area contributed by atoms with Crippen molar-refractivity contribution >= 4 is 8.53 Å². The van der Waals surface area contributed by atoms with Crippen LogP contribution in [0.3, 0.4) is 0 Å². The lowest BCUT2D eigenvalue weighted by molar-refractivity contribution is 0.187. The smallest absolute Gasteiger partial charge is 0.259 e. The first-order valence-corrected chi connectivity index (χ1v) is 6.48. The molecule has 1 rings (SSSR count). The quantitative estimate of drug-likeness (QED) is 0.680. The van der Waals surface area contributed by atoms with E-state index in [1.165, 1.54) is 0 Å². The molecule has 3 nitrogen and oxygen atoms in total. The van der Waals surface area contributed by atoms with E-state index in [1.54, 1.807) is 0 Å². The topological polar surface area (TPSA) is 21.7 Å². The van der Waals surface area contributed by atoms with Gasteiger partial charge in [-0.25, -0.2) is 4.67 Å². The average molecular weight is 219 g/mol. The molecule has 4 heteroatoms. The Balaban J connectivity index is 2.62. The summed E-state index contributed by atoms with van der Waals surface area (Å²) in [5, 5.41) is 0. The van der Waals surface area contributed by atoms with Crippen molar-refractivity contribution in [3.05, 3.63) is 0 Å². The molecule has 1 fully saturated rings. The van der Waals surface area contributed by atoms with Crippen LogP contribution in [0.1, 0.15) is 41.5 Å². The minimum atomic E-state index is -0.833. The highest BCUT2D eigenvalue weighted by molar-refractivity contribution is 7.44. The van der Waals surface area contributed by atoms with Gasteiger partial charge >= 0.3 is 0 Å². The zero-order valence-electron chi connectivity index (χ0n) is 10.0. The third-order valence-electron chi connectivity index (χ3n) is 2.42. The van der Waals surface area contributed by atoms with E-state index in [0.29, 0.717) is 12.1 Å². The molecule has 1 aliphatic heterocycles. The van der Waals surface area contributed by atoms with Crippen LogP contribution in [0.4, 0.5) is 0 Å². The standard InChI is InChI=1S/C10H22NO2P/c1-7(2)11(8(3)4)14-12-9(5)10(6)13-14/h7-10H,1-6H3. The third-order valence-corrected chi connectivity index (χ3v) is 4.75. The van der Waals surface area contributed by atoms with Gasteiger partial charge in [0.05, 0.1) is 12.2 Å². The number of hydrogen-bond donors (Lipinski definition) is 0. The molecule has 0 aliphatic carbocycles. The molecular formula is C10H22NO2P. The Morgan fingerprint density at radius 2 is 1.29 bits per heavy atom. The van der Waals surface area contributed by atoms with Crippen molar-refractivity contribution < 1.29 is 9.05 Å². The lowest BCUT2D eigenvalue weighted by atomic mass is 10.3. The lowest BCUT2D eigenvalue weighted by Crippen LogP contribution is -2.32. The highest BCUT2D eigenvalue weighted by Crippen LogP contribution is 2.53. The fraction of sp³-hybridized carbons (Fsp3) is 1.00. The van der Waals surface area contributed by atoms with Crippen molar-refractivity contribution in [1.29, 1.82) is 0 Å². The molecule has 0 N–H and O–H groups in total. The third kappa shape index (κ3) is 2.66. The van der Waals surface area contributed by atoms with E-state index in [0.717, 1.165) is 0 Å². The fourth-order valence-corrected chi connectivity index (χ4v) is 3.50. The number of nitrogens with zero attached hydrogens (tertiary/aromatic N) is 1. The maximum absolute atomic E-state index is 5.83. The highest BCUT2D eigenvalue weighted by atomic mass is 31.2. The Hall–Kier alpha value is 0.310. The van der Waals surface area contributed by atoms with Gasteiger partial charge in [0, 0.05) is 12.1 Å². The molecule has 84 valence electrons. The second-order valence-corrected chi connectivity index (χ2v) is 5.79. The molecule has 1 aliphatic rings. The van der Waals surface area contributed by atoms with E-state index in [1.807, 2.05) is 0 Å². The van der Waals surface area contributed by atoms with Crippen LogP contribution in [0.2, 0.25) is 0 Å². The summed E-state index contributed by atoms with van der Waals surface area (Å²) in [5.41, 5.74) is 0. The summed E-state index contributed by atoms with van der Waals surface area (Å²) in [6.45, 7) is 12.9. The molecule has 0 radical (unpaired) electrons. The van der Waals surface area contributed by atoms with Crippen molar-refractivity contribution in [3.8, 4) is 0 Å². The van der Waals surface area contributed by atoms with Gasteiger partial charge in [-0.3, -0.25) is 0 Å². The van der Waals surface area contributed by atoms with Crippen molar-refractivity contribution in [1.82, 2.24) is 4.67 Å². The molecule has 0 saturated carbocycles. The van der Waals surface area contributed by atoms with E-state index < -0.39 is 8.53 Å². The second kappa shape index (κ2) is 4.89. The SMILES string of the molecule is CC1OP(N(C(C)C)C(C)C)OC1C. The first kappa shape index (κ1) is 12.4.